The van der Waals surface area contributed by atoms with Gasteiger partial charge < -0.3 is 0 Å². The molecule has 0 aliphatic heterocycles. The van der Waals surface area contributed by atoms with E-state index in [0.29, 0.717) is 6.07 Å². The Morgan fingerprint density at radius 2 is 1.74 bits per heavy atom. The van der Waals surface area contributed by atoms with Crippen molar-refractivity contribution in [3.63, 3.8) is 0 Å². The van der Waals surface area contributed by atoms with Crippen LogP contribution in [0.2, 0.25) is 0 Å². The summed E-state index contributed by atoms with van der Waals surface area (Å²) >= 11 is 0. The Morgan fingerprint density at radius 3 is 2.11 bits per heavy atom. The predicted molar refractivity (Wildman–Crippen MR) is 67.0 cm³/mol. The van der Waals surface area contributed by atoms with E-state index in [0.717, 1.165) is 16.4 Å². The third-order valence-corrected chi connectivity index (χ3v) is 5.35. The number of sulfonamides is 1. The number of nitrogens with zero attached hydrogens (tertiary/aromatic N) is 2. The van der Waals surface area contributed by atoms with Crippen molar-refractivity contribution in [1.82, 2.24) is 4.31 Å². The number of halogens is 1. The van der Waals surface area contributed by atoms with Crippen LogP contribution in [0.4, 0.5) is 5.69 Å². The van der Waals surface area contributed by atoms with Crippen LogP contribution in [0.1, 0.15) is 0 Å². The summed E-state index contributed by atoms with van der Waals surface area (Å²) in [4.78, 5) is 8.63. The molecule has 1 rings (SSSR count). The minimum atomic E-state index is -4.34. The second-order valence-electron chi connectivity index (χ2n) is 3.61. The first kappa shape index (κ1) is 15.8. The van der Waals surface area contributed by atoms with Crippen LogP contribution in [0.3, 0.4) is 0 Å². The smallest absolute Gasteiger partial charge is 0.258 e. The SMILES string of the molecule is CN(C)S(=O)(=O)c1ccc(S(=O)(=O)Cl)c([N+](=O)[O-])c1. The van der Waals surface area contributed by atoms with Crippen molar-refractivity contribution in [3.8, 4) is 0 Å². The monoisotopic (exact) mass is 328 g/mol. The average molecular weight is 329 g/mol. The molecule has 0 unspecified atom stereocenters. The van der Waals surface area contributed by atoms with Crippen LogP contribution >= 0.6 is 10.7 Å². The van der Waals surface area contributed by atoms with Crippen LogP contribution in [0.15, 0.2) is 28.0 Å². The van der Waals surface area contributed by atoms with Crippen LogP contribution in [0, 0.1) is 10.1 Å². The van der Waals surface area contributed by atoms with E-state index in [1.807, 2.05) is 0 Å². The molecule has 0 atom stereocenters. The molecule has 106 valence electrons. The minimum Gasteiger partial charge on any atom is -0.258 e. The highest BCUT2D eigenvalue weighted by atomic mass is 35.7. The minimum absolute atomic E-state index is 0.395. The van der Waals surface area contributed by atoms with Gasteiger partial charge in [0, 0.05) is 30.8 Å². The van der Waals surface area contributed by atoms with Gasteiger partial charge in [-0.25, -0.2) is 21.1 Å². The Labute approximate surface area is 114 Å². The van der Waals surface area contributed by atoms with Crippen LogP contribution in [-0.2, 0) is 19.1 Å². The first-order valence-corrected chi connectivity index (χ1v) is 8.38. The largest absolute Gasteiger partial charge is 0.290 e. The highest BCUT2D eigenvalue weighted by Crippen LogP contribution is 2.29. The van der Waals surface area contributed by atoms with Crippen LogP contribution in [-0.4, -0.2) is 40.2 Å². The number of nitro benzene ring substituents is 1. The molecule has 1 aromatic carbocycles. The quantitative estimate of drug-likeness (QED) is 0.458. The summed E-state index contributed by atoms with van der Waals surface area (Å²) in [6.07, 6.45) is 0. The van der Waals surface area contributed by atoms with Crippen LogP contribution in [0.5, 0.6) is 0 Å². The summed E-state index contributed by atoms with van der Waals surface area (Å²) < 4.78 is 46.7. The predicted octanol–water partition coefficient (Wildman–Crippen LogP) is 0.773. The maximum Gasteiger partial charge on any atom is 0.290 e. The van der Waals surface area contributed by atoms with E-state index < -0.39 is 39.5 Å². The van der Waals surface area contributed by atoms with E-state index in [4.69, 9.17) is 10.7 Å². The third-order valence-electron chi connectivity index (χ3n) is 2.17. The Bertz CT molecular complexity index is 726. The molecule has 0 saturated carbocycles. The highest BCUT2D eigenvalue weighted by Gasteiger charge is 2.28. The van der Waals surface area contributed by atoms with Crippen molar-refractivity contribution in [2.75, 3.05) is 14.1 Å². The highest BCUT2D eigenvalue weighted by molar-refractivity contribution is 8.13. The molecule has 0 aliphatic carbocycles. The lowest BCUT2D eigenvalue weighted by Gasteiger charge is -2.11. The van der Waals surface area contributed by atoms with Crippen LogP contribution in [0.25, 0.3) is 0 Å². The summed E-state index contributed by atoms with van der Waals surface area (Å²) in [5.74, 6) is 0. The molecule has 0 amide bonds. The molecule has 1 aromatic rings. The van der Waals surface area contributed by atoms with Crippen molar-refractivity contribution in [1.29, 1.82) is 0 Å². The lowest BCUT2D eigenvalue weighted by atomic mass is 10.3. The summed E-state index contributed by atoms with van der Waals surface area (Å²) in [5, 5.41) is 10.8. The standard InChI is InChI=1S/C8H9ClN2O6S2/c1-10(2)19(16,17)6-3-4-8(18(9,14)15)7(5-6)11(12)13/h3-5H,1-2H3. The normalized spacial score (nSPS) is 12.6. The third kappa shape index (κ3) is 3.21. The number of hydrogen-bond acceptors (Lipinski definition) is 6. The molecule has 0 heterocycles. The summed E-state index contributed by atoms with van der Waals surface area (Å²) in [6.45, 7) is 0. The van der Waals surface area contributed by atoms with Gasteiger partial charge in [0.15, 0.2) is 4.90 Å². The van der Waals surface area contributed by atoms with Gasteiger partial charge in [-0.15, -0.1) is 0 Å². The molecular weight excluding hydrogens is 320 g/mol. The van der Waals surface area contributed by atoms with Crippen LogP contribution < -0.4 is 0 Å². The summed E-state index contributed by atoms with van der Waals surface area (Å²) in [7, 11) is -0.711. The fourth-order valence-electron chi connectivity index (χ4n) is 1.22. The van der Waals surface area contributed by atoms with E-state index in [1.54, 1.807) is 0 Å². The Morgan fingerprint density at radius 1 is 1.21 bits per heavy atom. The average Bonchev–Trinajstić information content (AvgIpc) is 2.26. The van der Waals surface area contributed by atoms with Gasteiger partial charge in [-0.1, -0.05) is 0 Å². The molecule has 0 N–H and O–H groups in total. The molecule has 0 fully saturated rings. The maximum absolute atomic E-state index is 11.8. The molecule has 0 radical (unpaired) electrons. The first-order valence-electron chi connectivity index (χ1n) is 4.63. The van der Waals surface area contributed by atoms with Crippen molar-refractivity contribution in [2.24, 2.45) is 0 Å². The van der Waals surface area contributed by atoms with Crippen molar-refractivity contribution in [2.45, 2.75) is 9.79 Å². The number of nitro groups is 1. The molecule has 11 heteroatoms. The molecule has 0 aliphatic rings. The van der Waals surface area contributed by atoms with E-state index in [1.165, 1.54) is 14.1 Å². The van der Waals surface area contributed by atoms with Gasteiger partial charge in [-0.2, -0.15) is 0 Å². The molecular formula is C8H9ClN2O6S2. The zero-order valence-electron chi connectivity index (χ0n) is 9.77. The van der Waals surface area contributed by atoms with Gasteiger partial charge in [0.05, 0.1) is 9.82 Å². The van der Waals surface area contributed by atoms with E-state index in [9.17, 15) is 26.9 Å². The molecule has 0 aromatic heterocycles. The molecule has 19 heavy (non-hydrogen) atoms. The maximum atomic E-state index is 11.8. The number of hydrogen-bond donors (Lipinski definition) is 0. The van der Waals surface area contributed by atoms with Gasteiger partial charge in [-0.05, 0) is 12.1 Å². The lowest BCUT2D eigenvalue weighted by Crippen LogP contribution is -2.22. The second-order valence-corrected chi connectivity index (χ2v) is 8.30. The fourth-order valence-corrected chi connectivity index (χ4v) is 3.14. The van der Waals surface area contributed by atoms with Gasteiger partial charge in [0.25, 0.3) is 14.7 Å². The number of rotatable bonds is 4. The molecule has 0 spiro atoms. The van der Waals surface area contributed by atoms with E-state index in [2.05, 4.69) is 0 Å². The zero-order valence-corrected chi connectivity index (χ0v) is 12.2. The fraction of sp³-hybridized carbons (Fsp3) is 0.250. The van der Waals surface area contributed by atoms with Gasteiger partial charge in [-0.3, -0.25) is 10.1 Å². The summed E-state index contributed by atoms with van der Waals surface area (Å²) in [5.41, 5.74) is -0.891. The molecule has 0 saturated heterocycles. The van der Waals surface area contributed by atoms with Crippen molar-refractivity contribution < 1.29 is 21.8 Å². The first-order chi connectivity index (χ1) is 8.48. The Balaban J connectivity index is 3.64. The van der Waals surface area contributed by atoms with Crippen molar-refractivity contribution >= 4 is 35.4 Å². The second kappa shape index (κ2) is 5.04. The topological polar surface area (TPSA) is 115 Å². The Kier molecular flexibility index (Phi) is 4.20. The molecule has 8 nitrogen and oxygen atoms in total. The van der Waals surface area contributed by atoms with Gasteiger partial charge in [0.2, 0.25) is 10.0 Å². The zero-order chi connectivity index (χ0) is 15.0. The van der Waals surface area contributed by atoms with Gasteiger partial charge >= 0.3 is 0 Å². The Hall–Kier alpha value is -1.23. The van der Waals surface area contributed by atoms with Crippen molar-refractivity contribution in [3.05, 3.63) is 28.3 Å². The molecule has 0 bridgehead atoms. The van der Waals surface area contributed by atoms with E-state index in [-0.39, 0.29) is 0 Å². The number of benzene rings is 1. The summed E-state index contributed by atoms with van der Waals surface area (Å²) in [6, 6.07) is 2.39. The van der Waals surface area contributed by atoms with Gasteiger partial charge in [0.1, 0.15) is 0 Å². The van der Waals surface area contributed by atoms with E-state index >= 15 is 0 Å². The lowest BCUT2D eigenvalue weighted by molar-refractivity contribution is -0.388.